The van der Waals surface area contributed by atoms with Gasteiger partial charge in [-0.2, -0.15) is 5.10 Å². The number of hydrogen-bond donors (Lipinski definition) is 2. The van der Waals surface area contributed by atoms with E-state index in [9.17, 15) is 0 Å². The van der Waals surface area contributed by atoms with Crippen molar-refractivity contribution in [1.82, 2.24) is 9.78 Å². The highest BCUT2D eigenvalue weighted by atomic mass is 35.5. The average Bonchev–Trinajstić information content (AvgIpc) is 2.70. The Labute approximate surface area is 109 Å². The smallest absolute Gasteiger partial charge is 0.170 e. The lowest BCUT2D eigenvalue weighted by atomic mass is 10.1. The Morgan fingerprint density at radius 1 is 1.50 bits per heavy atom. The van der Waals surface area contributed by atoms with Gasteiger partial charge in [0.2, 0.25) is 0 Å². The summed E-state index contributed by atoms with van der Waals surface area (Å²) in [6.07, 6.45) is 1.60. The normalized spacial score (nSPS) is 11.8. The Morgan fingerprint density at radius 2 is 2.22 bits per heavy atom. The van der Waals surface area contributed by atoms with E-state index in [1.807, 2.05) is 25.1 Å². The van der Waals surface area contributed by atoms with Crippen molar-refractivity contribution >= 4 is 17.4 Å². The molecular formula is C12H13ClN4O. The van der Waals surface area contributed by atoms with Crippen LogP contribution in [-0.4, -0.2) is 20.8 Å². The molecule has 0 saturated carbocycles. The molecule has 0 spiro atoms. The zero-order valence-electron chi connectivity index (χ0n) is 9.84. The molecule has 0 unspecified atom stereocenters. The minimum atomic E-state index is 0.0847. The number of aromatic nitrogens is 2. The molecule has 0 aliphatic rings. The molecule has 2 rings (SSSR count). The average molecular weight is 265 g/mol. The van der Waals surface area contributed by atoms with Crippen LogP contribution in [-0.2, 0) is 6.54 Å². The van der Waals surface area contributed by atoms with Crippen LogP contribution >= 0.6 is 11.6 Å². The van der Waals surface area contributed by atoms with Gasteiger partial charge < -0.3 is 10.9 Å². The van der Waals surface area contributed by atoms with Crippen LogP contribution in [0.5, 0.6) is 0 Å². The molecule has 0 fully saturated rings. The first-order chi connectivity index (χ1) is 8.63. The summed E-state index contributed by atoms with van der Waals surface area (Å²) in [5.41, 5.74) is 8.12. The molecule has 0 radical (unpaired) electrons. The standard InChI is InChI=1S/C12H13ClN4O/c1-8-11(13)6-15-17(8)7-9-4-2-3-5-10(9)12(14)16-18/h2-6,18H,7H2,1H3,(H2,14,16). The van der Waals surface area contributed by atoms with Crippen molar-refractivity contribution in [2.24, 2.45) is 10.9 Å². The van der Waals surface area contributed by atoms with Crippen LogP contribution in [0.25, 0.3) is 0 Å². The highest BCUT2D eigenvalue weighted by Crippen LogP contribution is 2.16. The third kappa shape index (κ3) is 2.31. The van der Waals surface area contributed by atoms with Crippen LogP contribution in [0.4, 0.5) is 0 Å². The second-order valence-corrected chi connectivity index (χ2v) is 4.29. The maximum atomic E-state index is 8.76. The molecule has 2 aromatic rings. The van der Waals surface area contributed by atoms with E-state index < -0.39 is 0 Å². The predicted octanol–water partition coefficient (Wildman–Crippen LogP) is 1.99. The summed E-state index contributed by atoms with van der Waals surface area (Å²) in [5.74, 6) is 0.0847. The maximum Gasteiger partial charge on any atom is 0.170 e. The van der Waals surface area contributed by atoms with E-state index in [2.05, 4.69) is 10.3 Å². The fourth-order valence-electron chi connectivity index (χ4n) is 1.71. The van der Waals surface area contributed by atoms with Crippen molar-refractivity contribution in [3.8, 4) is 0 Å². The van der Waals surface area contributed by atoms with Crippen molar-refractivity contribution in [2.45, 2.75) is 13.5 Å². The first-order valence-electron chi connectivity index (χ1n) is 5.37. The van der Waals surface area contributed by atoms with Crippen LogP contribution < -0.4 is 5.73 Å². The molecular weight excluding hydrogens is 252 g/mol. The van der Waals surface area contributed by atoms with E-state index in [0.717, 1.165) is 11.3 Å². The number of hydrogen-bond acceptors (Lipinski definition) is 3. The van der Waals surface area contributed by atoms with E-state index in [4.69, 9.17) is 22.5 Å². The van der Waals surface area contributed by atoms with Crippen LogP contribution in [0, 0.1) is 6.92 Å². The van der Waals surface area contributed by atoms with Gasteiger partial charge in [0, 0.05) is 5.56 Å². The Morgan fingerprint density at radius 3 is 2.83 bits per heavy atom. The molecule has 1 aromatic carbocycles. The van der Waals surface area contributed by atoms with Gasteiger partial charge in [-0.3, -0.25) is 4.68 Å². The van der Waals surface area contributed by atoms with Gasteiger partial charge in [0.1, 0.15) is 0 Å². The lowest BCUT2D eigenvalue weighted by molar-refractivity contribution is 0.318. The maximum absolute atomic E-state index is 8.76. The van der Waals surface area contributed by atoms with Gasteiger partial charge in [-0.25, -0.2) is 0 Å². The number of benzene rings is 1. The molecule has 5 nitrogen and oxygen atoms in total. The van der Waals surface area contributed by atoms with Crippen molar-refractivity contribution < 1.29 is 5.21 Å². The first-order valence-corrected chi connectivity index (χ1v) is 5.75. The summed E-state index contributed by atoms with van der Waals surface area (Å²) in [5, 5.41) is 16.6. The van der Waals surface area contributed by atoms with Crippen LogP contribution in [0.3, 0.4) is 0 Å². The molecule has 0 aliphatic carbocycles. The largest absolute Gasteiger partial charge is 0.409 e. The molecule has 0 saturated heterocycles. The predicted molar refractivity (Wildman–Crippen MR) is 70.0 cm³/mol. The fourth-order valence-corrected chi connectivity index (χ4v) is 1.85. The Kier molecular flexibility index (Phi) is 3.53. The van der Waals surface area contributed by atoms with E-state index in [1.165, 1.54) is 0 Å². The Bertz CT molecular complexity index is 592. The second-order valence-electron chi connectivity index (χ2n) is 3.88. The van der Waals surface area contributed by atoms with Gasteiger partial charge in [-0.15, -0.1) is 0 Å². The van der Waals surface area contributed by atoms with Gasteiger partial charge in [0.15, 0.2) is 5.84 Å². The molecule has 94 valence electrons. The summed E-state index contributed by atoms with van der Waals surface area (Å²) in [7, 11) is 0. The van der Waals surface area contributed by atoms with Crippen LogP contribution in [0.15, 0.2) is 35.6 Å². The minimum absolute atomic E-state index is 0.0847. The quantitative estimate of drug-likeness (QED) is 0.385. The van der Waals surface area contributed by atoms with Crippen molar-refractivity contribution in [2.75, 3.05) is 0 Å². The molecule has 3 N–H and O–H groups in total. The lowest BCUT2D eigenvalue weighted by Gasteiger charge is -2.09. The highest BCUT2D eigenvalue weighted by Gasteiger charge is 2.09. The topological polar surface area (TPSA) is 76.4 Å². The SMILES string of the molecule is Cc1c(Cl)cnn1Cc1ccccc1C(N)=NO. The van der Waals surface area contributed by atoms with E-state index in [-0.39, 0.29) is 5.84 Å². The number of rotatable bonds is 3. The van der Waals surface area contributed by atoms with Gasteiger partial charge in [-0.1, -0.05) is 41.0 Å². The van der Waals surface area contributed by atoms with E-state index >= 15 is 0 Å². The summed E-state index contributed by atoms with van der Waals surface area (Å²) in [4.78, 5) is 0. The van der Waals surface area contributed by atoms with E-state index in [0.29, 0.717) is 17.1 Å². The summed E-state index contributed by atoms with van der Waals surface area (Å²) < 4.78 is 1.77. The van der Waals surface area contributed by atoms with Crippen molar-refractivity contribution in [1.29, 1.82) is 0 Å². The summed E-state index contributed by atoms with van der Waals surface area (Å²) in [6, 6.07) is 7.43. The van der Waals surface area contributed by atoms with Crippen LogP contribution in [0.2, 0.25) is 5.02 Å². The molecule has 0 atom stereocenters. The molecule has 0 aliphatic heterocycles. The van der Waals surface area contributed by atoms with E-state index in [1.54, 1.807) is 16.9 Å². The number of nitrogens with two attached hydrogens (primary N) is 1. The molecule has 0 bridgehead atoms. The van der Waals surface area contributed by atoms with Crippen molar-refractivity contribution in [3.63, 3.8) is 0 Å². The second kappa shape index (κ2) is 5.10. The van der Waals surface area contributed by atoms with Crippen molar-refractivity contribution in [3.05, 3.63) is 52.3 Å². The van der Waals surface area contributed by atoms with Gasteiger partial charge in [-0.05, 0) is 12.5 Å². The Hall–Kier alpha value is -2.01. The number of amidine groups is 1. The molecule has 0 amide bonds. The monoisotopic (exact) mass is 264 g/mol. The molecule has 1 aromatic heterocycles. The lowest BCUT2D eigenvalue weighted by Crippen LogP contribution is -2.17. The molecule has 18 heavy (non-hydrogen) atoms. The van der Waals surface area contributed by atoms with Crippen LogP contribution in [0.1, 0.15) is 16.8 Å². The van der Waals surface area contributed by atoms with Gasteiger partial charge in [0.25, 0.3) is 0 Å². The zero-order chi connectivity index (χ0) is 13.1. The highest BCUT2D eigenvalue weighted by molar-refractivity contribution is 6.31. The number of halogens is 1. The van der Waals surface area contributed by atoms with Gasteiger partial charge >= 0.3 is 0 Å². The number of oxime groups is 1. The minimum Gasteiger partial charge on any atom is -0.409 e. The van der Waals surface area contributed by atoms with Gasteiger partial charge in [0.05, 0.1) is 23.5 Å². The number of nitrogens with zero attached hydrogens (tertiary/aromatic N) is 3. The first kappa shape index (κ1) is 12.4. The zero-order valence-corrected chi connectivity index (χ0v) is 10.6. The molecule has 1 heterocycles. The Balaban J connectivity index is 2.38. The fraction of sp³-hybridized carbons (Fsp3) is 0.167. The molecule has 6 heteroatoms. The summed E-state index contributed by atoms with van der Waals surface area (Å²) >= 11 is 5.95. The summed E-state index contributed by atoms with van der Waals surface area (Å²) in [6.45, 7) is 2.41. The third-order valence-electron chi connectivity index (χ3n) is 2.76. The third-order valence-corrected chi connectivity index (χ3v) is 3.14.